The van der Waals surface area contributed by atoms with E-state index in [4.69, 9.17) is 4.74 Å². The maximum Gasteiger partial charge on any atom is -0.147 e. The van der Waals surface area contributed by atoms with Crippen molar-refractivity contribution in [3.63, 3.8) is 0 Å². The molecular formula is C7H11Cl2OTi. The van der Waals surface area contributed by atoms with Gasteiger partial charge in [0.05, 0.1) is 0 Å². The van der Waals surface area contributed by atoms with Gasteiger partial charge in [-0.15, -0.1) is 24.8 Å². The van der Waals surface area contributed by atoms with Crippen LogP contribution in [0.1, 0.15) is 6.42 Å². The van der Waals surface area contributed by atoms with E-state index in [1.165, 1.54) is 9.45 Å². The maximum absolute atomic E-state index is 4.99. The predicted octanol–water partition coefficient (Wildman–Crippen LogP) is 2.24. The summed E-state index contributed by atoms with van der Waals surface area (Å²) in [4.78, 5) is 0. The first-order valence-corrected chi connectivity index (χ1v) is 3.72. The number of hydrogen-bond acceptors (Lipinski definition) is 1. The first-order chi connectivity index (χ1) is 4.34. The van der Waals surface area contributed by atoms with Crippen LogP contribution in [0.25, 0.3) is 0 Å². The summed E-state index contributed by atoms with van der Waals surface area (Å²) in [6, 6.07) is 0. The minimum absolute atomic E-state index is 0. The second-order valence-electron chi connectivity index (χ2n) is 2.04. The Hall–Kier alpha value is 0.734. The van der Waals surface area contributed by atoms with Crippen molar-refractivity contribution in [1.29, 1.82) is 0 Å². The molecule has 1 nitrogen and oxygen atoms in total. The summed E-state index contributed by atoms with van der Waals surface area (Å²) in [6.07, 6.45) is 5.42. The zero-order valence-corrected chi connectivity index (χ0v) is 9.49. The standard InChI is InChI=1S/C7H9O.2ClH.Ti/c1-8-6-7-4-2-3-5-7;;;/h2,4H,3,6H2,1H3;2*1H;. The number of hydrogen-bond donors (Lipinski definition) is 0. The SMILES string of the molecule is COCC1=[C]([Ti])CC=C1.Cl.Cl. The van der Waals surface area contributed by atoms with Crippen molar-refractivity contribution in [2.75, 3.05) is 13.7 Å². The fourth-order valence-corrected chi connectivity index (χ4v) is 1.27. The molecule has 11 heavy (non-hydrogen) atoms. The second kappa shape index (κ2) is 7.39. The Balaban J connectivity index is 0. The van der Waals surface area contributed by atoms with Crippen LogP contribution in [-0.4, -0.2) is 13.7 Å². The van der Waals surface area contributed by atoms with Gasteiger partial charge in [-0.05, 0) is 0 Å². The van der Waals surface area contributed by atoms with Crippen LogP contribution in [0, 0.1) is 0 Å². The van der Waals surface area contributed by atoms with Crippen LogP contribution in [0.3, 0.4) is 0 Å². The van der Waals surface area contributed by atoms with E-state index in [2.05, 4.69) is 32.6 Å². The van der Waals surface area contributed by atoms with Crippen molar-refractivity contribution in [1.82, 2.24) is 0 Å². The first-order valence-electron chi connectivity index (χ1n) is 2.93. The summed E-state index contributed by atoms with van der Waals surface area (Å²) in [5.41, 5.74) is 1.34. The van der Waals surface area contributed by atoms with Crippen LogP contribution < -0.4 is 0 Å². The zero-order valence-electron chi connectivity index (χ0n) is 6.29. The first kappa shape index (κ1) is 14.3. The molecule has 0 heterocycles. The largest absolute Gasteiger partial charge is 0.147 e. The molecule has 0 radical (unpaired) electrons. The molecule has 4 heteroatoms. The third-order valence-corrected chi connectivity index (χ3v) is 2.15. The van der Waals surface area contributed by atoms with E-state index in [9.17, 15) is 0 Å². The molecule has 0 saturated carbocycles. The normalized spacial score (nSPS) is 14.2. The smallest absolute Gasteiger partial charge is 0.147 e. The molecule has 0 bridgehead atoms. The summed E-state index contributed by atoms with van der Waals surface area (Å²) < 4.78 is 6.43. The third-order valence-electron chi connectivity index (χ3n) is 1.33. The van der Waals surface area contributed by atoms with Crippen molar-refractivity contribution < 1.29 is 25.2 Å². The van der Waals surface area contributed by atoms with Gasteiger partial charge in [0.25, 0.3) is 0 Å². The molecule has 63 valence electrons. The number of allylic oxidation sites excluding steroid dienone is 2. The van der Waals surface area contributed by atoms with E-state index in [-0.39, 0.29) is 24.8 Å². The van der Waals surface area contributed by atoms with Gasteiger partial charge in [-0.2, -0.15) is 0 Å². The van der Waals surface area contributed by atoms with Gasteiger partial charge in [-0.25, -0.2) is 0 Å². The minimum atomic E-state index is 0. The van der Waals surface area contributed by atoms with E-state index in [0.29, 0.717) is 0 Å². The van der Waals surface area contributed by atoms with Crippen molar-refractivity contribution in [3.8, 4) is 0 Å². The summed E-state index contributed by atoms with van der Waals surface area (Å²) in [6.45, 7) is 0.766. The summed E-state index contributed by atoms with van der Waals surface area (Å²) in [7, 11) is 1.73. The molecular weight excluding hydrogens is 219 g/mol. The summed E-state index contributed by atoms with van der Waals surface area (Å²) in [5.74, 6) is 0. The fraction of sp³-hybridized carbons (Fsp3) is 0.429. The van der Waals surface area contributed by atoms with Crippen LogP contribution in [0.2, 0.25) is 0 Å². The van der Waals surface area contributed by atoms with Gasteiger partial charge in [-0.3, -0.25) is 0 Å². The monoisotopic (exact) mass is 229 g/mol. The molecule has 0 aromatic rings. The maximum atomic E-state index is 4.99. The molecule has 0 aliphatic heterocycles. The molecule has 0 atom stereocenters. The van der Waals surface area contributed by atoms with Gasteiger partial charge in [0, 0.05) is 0 Å². The van der Waals surface area contributed by atoms with Gasteiger partial charge in [0.15, 0.2) is 0 Å². The Morgan fingerprint density at radius 2 is 2.18 bits per heavy atom. The number of rotatable bonds is 2. The van der Waals surface area contributed by atoms with Crippen molar-refractivity contribution in [2.24, 2.45) is 0 Å². The number of ether oxygens (including phenoxy) is 1. The molecule has 0 aromatic heterocycles. The Morgan fingerprint density at radius 1 is 1.55 bits per heavy atom. The van der Waals surface area contributed by atoms with Crippen molar-refractivity contribution in [2.45, 2.75) is 6.42 Å². The minimum Gasteiger partial charge on any atom is -0.147 e. The molecule has 0 aromatic carbocycles. The van der Waals surface area contributed by atoms with Crippen LogP contribution >= 0.6 is 24.8 Å². The van der Waals surface area contributed by atoms with E-state index in [0.717, 1.165) is 13.0 Å². The molecule has 0 unspecified atom stereocenters. The number of halogens is 2. The quantitative estimate of drug-likeness (QED) is 0.661. The zero-order chi connectivity index (χ0) is 6.69. The van der Waals surface area contributed by atoms with Crippen molar-refractivity contribution >= 4 is 24.8 Å². The Bertz CT molecular complexity index is 166. The molecule has 1 aliphatic carbocycles. The molecule has 0 spiro atoms. The molecule has 0 saturated heterocycles. The van der Waals surface area contributed by atoms with Gasteiger partial charge in [-0.1, -0.05) is 0 Å². The van der Waals surface area contributed by atoms with E-state index in [1.807, 2.05) is 0 Å². The van der Waals surface area contributed by atoms with E-state index >= 15 is 0 Å². The molecule has 0 fully saturated rings. The summed E-state index contributed by atoms with van der Waals surface area (Å²) in [5, 5.41) is 0. The molecule has 1 rings (SSSR count). The third kappa shape index (κ3) is 4.34. The van der Waals surface area contributed by atoms with Crippen LogP contribution in [-0.2, 0) is 25.2 Å². The van der Waals surface area contributed by atoms with Gasteiger partial charge in [0.1, 0.15) is 0 Å². The Labute approximate surface area is 91.5 Å². The van der Waals surface area contributed by atoms with Crippen LogP contribution in [0.4, 0.5) is 0 Å². The number of methoxy groups -OCH3 is 1. The predicted molar refractivity (Wildman–Crippen MR) is 47.2 cm³/mol. The van der Waals surface area contributed by atoms with E-state index < -0.39 is 0 Å². The van der Waals surface area contributed by atoms with Crippen LogP contribution in [0.15, 0.2) is 21.6 Å². The summed E-state index contributed by atoms with van der Waals surface area (Å²) >= 11 is 2.15. The average Bonchev–Trinajstić information content (AvgIpc) is 2.18. The topological polar surface area (TPSA) is 9.23 Å². The van der Waals surface area contributed by atoms with Gasteiger partial charge < -0.3 is 0 Å². The van der Waals surface area contributed by atoms with Crippen molar-refractivity contribution in [3.05, 3.63) is 21.6 Å². The molecule has 0 amide bonds. The molecule has 1 aliphatic rings. The van der Waals surface area contributed by atoms with Gasteiger partial charge >= 0.3 is 66.9 Å². The van der Waals surface area contributed by atoms with Gasteiger partial charge in [0.2, 0.25) is 0 Å². The Kier molecular flexibility index (Phi) is 9.58. The second-order valence-corrected chi connectivity index (χ2v) is 2.99. The Morgan fingerprint density at radius 3 is 2.55 bits per heavy atom. The average molecular weight is 230 g/mol. The van der Waals surface area contributed by atoms with Crippen LogP contribution in [0.5, 0.6) is 0 Å². The fourth-order valence-electron chi connectivity index (χ4n) is 0.841. The molecule has 0 N–H and O–H groups in total. The van der Waals surface area contributed by atoms with E-state index in [1.54, 1.807) is 7.11 Å².